The van der Waals surface area contributed by atoms with E-state index < -0.39 is 5.60 Å². The topological polar surface area (TPSA) is 36.0 Å². The van der Waals surface area contributed by atoms with Gasteiger partial charge in [-0.15, -0.1) is 0 Å². The molecule has 1 aromatic carbocycles. The highest BCUT2D eigenvalue weighted by Gasteiger charge is 2.39. The maximum Gasteiger partial charge on any atom is 0.410 e. The third-order valence-electron chi connectivity index (χ3n) is 5.94. The highest BCUT2D eigenvalue weighted by molar-refractivity contribution is 5.68. The molecule has 2 aliphatic rings. The zero-order chi connectivity index (χ0) is 20.3. The fourth-order valence-electron chi connectivity index (χ4n) is 4.45. The Bertz CT molecular complexity index is 643. The summed E-state index contributed by atoms with van der Waals surface area (Å²) in [6.45, 7) is 15.3. The number of ether oxygens (including phenoxy) is 1. The fraction of sp³-hybridized carbons (Fsp3) is 0.696. The second-order valence-corrected chi connectivity index (χ2v) is 9.51. The van der Waals surface area contributed by atoms with E-state index in [2.05, 4.69) is 54.0 Å². The van der Waals surface area contributed by atoms with Gasteiger partial charge >= 0.3 is 6.09 Å². The van der Waals surface area contributed by atoms with Crippen molar-refractivity contribution in [3.05, 3.63) is 35.9 Å². The van der Waals surface area contributed by atoms with Gasteiger partial charge in [-0.1, -0.05) is 30.3 Å². The van der Waals surface area contributed by atoms with E-state index in [0.29, 0.717) is 12.1 Å². The van der Waals surface area contributed by atoms with Crippen LogP contribution < -0.4 is 0 Å². The Balaban J connectivity index is 1.50. The van der Waals surface area contributed by atoms with Crippen LogP contribution in [0, 0.1) is 0 Å². The van der Waals surface area contributed by atoms with Gasteiger partial charge in [-0.2, -0.15) is 0 Å². The lowest BCUT2D eigenvalue weighted by Gasteiger charge is -2.46. The van der Waals surface area contributed by atoms with Crippen LogP contribution in [-0.2, 0) is 11.2 Å². The number of carbonyl (C=O) groups is 1. The summed E-state index contributed by atoms with van der Waals surface area (Å²) in [6.07, 6.45) is 2.16. The van der Waals surface area contributed by atoms with E-state index in [1.165, 1.54) is 18.5 Å². The molecule has 2 saturated heterocycles. The fourth-order valence-corrected chi connectivity index (χ4v) is 4.45. The number of nitrogens with zero attached hydrogens (tertiary/aromatic N) is 3. The molecular weight excluding hydrogens is 350 g/mol. The largest absolute Gasteiger partial charge is 0.444 e. The molecule has 2 heterocycles. The van der Waals surface area contributed by atoms with Crippen molar-refractivity contribution in [2.45, 2.75) is 71.2 Å². The number of hydrogen-bond donors (Lipinski definition) is 0. The van der Waals surface area contributed by atoms with Gasteiger partial charge in [-0.3, -0.25) is 4.90 Å². The second-order valence-electron chi connectivity index (χ2n) is 9.51. The van der Waals surface area contributed by atoms with E-state index in [1.54, 1.807) is 0 Å². The van der Waals surface area contributed by atoms with Gasteiger partial charge < -0.3 is 14.5 Å². The van der Waals surface area contributed by atoms with Crippen LogP contribution in [0.15, 0.2) is 30.3 Å². The van der Waals surface area contributed by atoms with Gasteiger partial charge in [0.25, 0.3) is 0 Å². The molecule has 0 spiro atoms. The first-order valence-corrected chi connectivity index (χ1v) is 10.7. The minimum Gasteiger partial charge on any atom is -0.444 e. The van der Waals surface area contributed by atoms with Crippen molar-refractivity contribution in [3.63, 3.8) is 0 Å². The molecule has 1 aromatic rings. The molecule has 2 aliphatic heterocycles. The van der Waals surface area contributed by atoms with E-state index in [1.807, 2.05) is 25.7 Å². The van der Waals surface area contributed by atoms with Crippen molar-refractivity contribution in [1.82, 2.24) is 14.7 Å². The molecule has 2 fully saturated rings. The van der Waals surface area contributed by atoms with Crippen LogP contribution in [0.4, 0.5) is 4.79 Å². The first-order valence-electron chi connectivity index (χ1n) is 10.7. The molecule has 28 heavy (non-hydrogen) atoms. The zero-order valence-electron chi connectivity index (χ0n) is 18.2. The molecule has 3 rings (SSSR count). The lowest BCUT2D eigenvalue weighted by Crippen LogP contribution is -2.61. The highest BCUT2D eigenvalue weighted by Crippen LogP contribution is 2.25. The van der Waals surface area contributed by atoms with Crippen molar-refractivity contribution in [2.24, 2.45) is 0 Å². The van der Waals surface area contributed by atoms with E-state index >= 15 is 0 Å². The summed E-state index contributed by atoms with van der Waals surface area (Å²) < 4.78 is 5.61. The summed E-state index contributed by atoms with van der Waals surface area (Å²) in [7, 11) is 0. The van der Waals surface area contributed by atoms with Crippen molar-refractivity contribution >= 4 is 6.09 Å². The molecule has 156 valence electrons. The van der Waals surface area contributed by atoms with Crippen LogP contribution in [0.5, 0.6) is 0 Å². The highest BCUT2D eigenvalue weighted by atomic mass is 16.6. The Labute approximate surface area is 170 Å². The lowest BCUT2D eigenvalue weighted by molar-refractivity contribution is -0.0188. The average molecular weight is 388 g/mol. The van der Waals surface area contributed by atoms with Crippen LogP contribution in [0.2, 0.25) is 0 Å². The molecule has 5 nitrogen and oxygen atoms in total. The van der Waals surface area contributed by atoms with Crippen LogP contribution in [0.25, 0.3) is 0 Å². The maximum absolute atomic E-state index is 12.5. The summed E-state index contributed by atoms with van der Waals surface area (Å²) in [5.41, 5.74) is 0.973. The summed E-state index contributed by atoms with van der Waals surface area (Å²) in [5, 5.41) is 0. The lowest BCUT2D eigenvalue weighted by atomic mass is 10.0. The summed E-state index contributed by atoms with van der Waals surface area (Å²) in [6, 6.07) is 11.9. The second kappa shape index (κ2) is 8.83. The molecule has 5 heteroatoms. The van der Waals surface area contributed by atoms with Crippen LogP contribution in [-0.4, -0.2) is 77.2 Å². The van der Waals surface area contributed by atoms with Crippen LogP contribution in [0.1, 0.15) is 46.6 Å². The normalized spacial score (nSPS) is 27.2. The first kappa shape index (κ1) is 21.1. The predicted octanol–water partition coefficient (Wildman–Crippen LogP) is 3.63. The van der Waals surface area contributed by atoms with E-state index in [9.17, 15) is 4.79 Å². The molecule has 0 unspecified atom stereocenters. The zero-order valence-corrected chi connectivity index (χ0v) is 18.2. The number of likely N-dealkylation sites (tertiary alicyclic amines) is 1. The van der Waals surface area contributed by atoms with Gasteiger partial charge in [0.05, 0.1) is 0 Å². The van der Waals surface area contributed by atoms with E-state index in [0.717, 1.165) is 32.6 Å². The molecule has 0 aromatic heterocycles. The SMILES string of the molecule is C[C@@H]1CN([C@@H]2CCN(CCc3ccccc3)C2)[C@H](C)CN1C(=O)OC(C)(C)C. The number of benzene rings is 1. The summed E-state index contributed by atoms with van der Waals surface area (Å²) in [5.74, 6) is 0. The van der Waals surface area contributed by atoms with E-state index in [4.69, 9.17) is 4.74 Å². The standard InChI is InChI=1S/C23H37N3O2/c1-18-16-26(22(27)28-23(3,4)5)19(2)15-25(18)21-12-14-24(17-21)13-11-20-9-7-6-8-10-20/h6-10,18-19,21H,11-17H2,1-5H3/t18-,19-,21-/m1/s1. The molecule has 0 N–H and O–H groups in total. The summed E-state index contributed by atoms with van der Waals surface area (Å²) >= 11 is 0. The molecule has 0 bridgehead atoms. The quantitative estimate of drug-likeness (QED) is 0.790. The molecule has 3 atom stereocenters. The smallest absolute Gasteiger partial charge is 0.410 e. The van der Waals surface area contributed by atoms with Gasteiger partial charge in [0.1, 0.15) is 5.60 Å². The number of carbonyl (C=O) groups excluding carboxylic acids is 1. The van der Waals surface area contributed by atoms with Crippen molar-refractivity contribution < 1.29 is 9.53 Å². The van der Waals surface area contributed by atoms with E-state index in [-0.39, 0.29) is 12.1 Å². The van der Waals surface area contributed by atoms with Gasteiger partial charge in [0.15, 0.2) is 0 Å². The Morgan fingerprint density at radius 2 is 1.79 bits per heavy atom. The first-order chi connectivity index (χ1) is 13.2. The molecule has 0 radical (unpaired) electrons. The van der Waals surface area contributed by atoms with Crippen molar-refractivity contribution in [3.8, 4) is 0 Å². The Morgan fingerprint density at radius 1 is 1.07 bits per heavy atom. The molecule has 1 amide bonds. The van der Waals surface area contributed by atoms with Gasteiger partial charge in [0.2, 0.25) is 0 Å². The Morgan fingerprint density at radius 3 is 2.46 bits per heavy atom. The third-order valence-corrected chi connectivity index (χ3v) is 5.94. The third kappa shape index (κ3) is 5.48. The van der Waals surface area contributed by atoms with Crippen LogP contribution >= 0.6 is 0 Å². The molecular formula is C23H37N3O2. The monoisotopic (exact) mass is 387 g/mol. The Hall–Kier alpha value is -1.59. The van der Waals surface area contributed by atoms with Crippen LogP contribution in [0.3, 0.4) is 0 Å². The maximum atomic E-state index is 12.5. The molecule has 0 saturated carbocycles. The van der Waals surface area contributed by atoms with Gasteiger partial charge in [-0.25, -0.2) is 4.79 Å². The summed E-state index contributed by atoms with van der Waals surface area (Å²) in [4.78, 5) is 19.7. The number of hydrogen-bond acceptors (Lipinski definition) is 4. The minimum atomic E-state index is -0.443. The van der Waals surface area contributed by atoms with Gasteiger partial charge in [0, 0.05) is 44.3 Å². The van der Waals surface area contributed by atoms with Crippen molar-refractivity contribution in [2.75, 3.05) is 32.7 Å². The van der Waals surface area contributed by atoms with Gasteiger partial charge in [-0.05, 0) is 59.6 Å². The number of amides is 1. The van der Waals surface area contributed by atoms with Crippen molar-refractivity contribution in [1.29, 1.82) is 0 Å². The Kier molecular flexibility index (Phi) is 6.66. The average Bonchev–Trinajstić information content (AvgIpc) is 3.09. The number of piperazine rings is 1. The number of rotatable bonds is 4. The predicted molar refractivity (Wildman–Crippen MR) is 114 cm³/mol. The minimum absolute atomic E-state index is 0.178. The molecule has 0 aliphatic carbocycles.